The van der Waals surface area contributed by atoms with Crippen LogP contribution in [0.3, 0.4) is 0 Å². The Balaban J connectivity index is 2.92. The zero-order valence-electron chi connectivity index (χ0n) is 5.34. The molecule has 1 aliphatic rings. The van der Waals surface area contributed by atoms with E-state index in [9.17, 15) is 4.79 Å². The van der Waals surface area contributed by atoms with Gasteiger partial charge in [0, 0.05) is 5.57 Å². The molecule has 1 atom stereocenters. The van der Waals surface area contributed by atoms with Gasteiger partial charge in [-0.15, -0.1) is 0 Å². The van der Waals surface area contributed by atoms with Crippen molar-refractivity contribution < 1.29 is 9.90 Å². The Morgan fingerprint density at radius 1 is 1.67 bits per heavy atom. The molecule has 2 nitrogen and oxygen atoms in total. The second kappa shape index (κ2) is 2.06. The van der Waals surface area contributed by atoms with E-state index in [1.165, 1.54) is 11.8 Å². The van der Waals surface area contributed by atoms with Crippen LogP contribution in [0.15, 0.2) is 11.3 Å². The lowest BCUT2D eigenvalue weighted by molar-refractivity contribution is -0.107. The first-order valence-corrected chi connectivity index (χ1v) is 3.61. The molecule has 50 valence electrons. The van der Waals surface area contributed by atoms with Crippen LogP contribution in [-0.4, -0.2) is 15.5 Å². The molecule has 1 N–H and O–H groups in total. The maximum Gasteiger partial charge on any atom is 0.219 e. The molecule has 3 heteroatoms. The summed E-state index contributed by atoms with van der Waals surface area (Å²) in [4.78, 5) is 10.7. The number of hydrogen-bond acceptors (Lipinski definition) is 3. The Bertz CT molecular complexity index is 183. The summed E-state index contributed by atoms with van der Waals surface area (Å²) >= 11 is 1.17. The van der Waals surface area contributed by atoms with Crippen LogP contribution in [0.1, 0.15) is 13.8 Å². The van der Waals surface area contributed by atoms with Gasteiger partial charge in [-0.2, -0.15) is 0 Å². The van der Waals surface area contributed by atoms with E-state index in [2.05, 4.69) is 0 Å². The highest BCUT2D eigenvalue weighted by Crippen LogP contribution is 2.31. The normalized spacial score (nSPS) is 27.8. The largest absolute Gasteiger partial charge is 0.511 e. The van der Waals surface area contributed by atoms with Gasteiger partial charge in [-0.1, -0.05) is 11.8 Å². The van der Waals surface area contributed by atoms with Gasteiger partial charge >= 0.3 is 0 Å². The van der Waals surface area contributed by atoms with Crippen LogP contribution in [0, 0.1) is 0 Å². The fourth-order valence-electron chi connectivity index (χ4n) is 0.714. The fraction of sp³-hybridized carbons (Fsp3) is 0.500. The standard InChI is InChI=1S/C6H8O2S/c1-3-5(7)4(2)9-6(3)8/h4,7H,1-2H3. The molecule has 1 rings (SSSR count). The third-order valence-corrected chi connectivity index (χ3v) is 2.46. The predicted octanol–water partition coefficient (Wildman–Crippen LogP) is 1.48. The van der Waals surface area contributed by atoms with Crippen molar-refractivity contribution in [2.45, 2.75) is 19.1 Å². The van der Waals surface area contributed by atoms with Crippen molar-refractivity contribution in [3.05, 3.63) is 11.3 Å². The van der Waals surface area contributed by atoms with E-state index in [0.717, 1.165) is 0 Å². The molecule has 9 heavy (non-hydrogen) atoms. The van der Waals surface area contributed by atoms with Crippen molar-refractivity contribution in [3.8, 4) is 0 Å². The van der Waals surface area contributed by atoms with Crippen LogP contribution in [0.2, 0.25) is 0 Å². The minimum Gasteiger partial charge on any atom is -0.511 e. The fourth-order valence-corrected chi connectivity index (χ4v) is 1.61. The summed E-state index contributed by atoms with van der Waals surface area (Å²) in [5.41, 5.74) is 0.507. The molecule has 0 saturated heterocycles. The van der Waals surface area contributed by atoms with Gasteiger partial charge in [0.15, 0.2) is 0 Å². The summed E-state index contributed by atoms with van der Waals surface area (Å²) in [5.74, 6) is 0.241. The molecule has 1 unspecified atom stereocenters. The summed E-state index contributed by atoms with van der Waals surface area (Å²) in [6.07, 6.45) is 0. The minimum atomic E-state index is -0.0301. The number of rotatable bonds is 0. The molecule has 0 fully saturated rings. The van der Waals surface area contributed by atoms with Gasteiger partial charge in [0.2, 0.25) is 5.12 Å². The Labute approximate surface area is 57.9 Å². The SMILES string of the molecule is CC1=C(O)C(C)SC1=O. The highest BCUT2D eigenvalue weighted by atomic mass is 32.2. The van der Waals surface area contributed by atoms with Gasteiger partial charge in [0.1, 0.15) is 5.76 Å². The predicted molar refractivity (Wildman–Crippen MR) is 37.4 cm³/mol. The molecule has 0 aromatic carbocycles. The number of aliphatic hydroxyl groups is 1. The van der Waals surface area contributed by atoms with Gasteiger partial charge in [-0.25, -0.2) is 0 Å². The van der Waals surface area contributed by atoms with Crippen molar-refractivity contribution in [1.82, 2.24) is 0 Å². The molecule has 1 aliphatic heterocycles. The molecule has 1 heterocycles. The van der Waals surface area contributed by atoms with E-state index < -0.39 is 0 Å². The summed E-state index contributed by atoms with van der Waals surface area (Å²) in [5, 5.41) is 9.04. The van der Waals surface area contributed by atoms with Crippen molar-refractivity contribution >= 4 is 16.9 Å². The van der Waals surface area contributed by atoms with Gasteiger partial charge in [0.05, 0.1) is 5.25 Å². The third kappa shape index (κ3) is 0.965. The van der Waals surface area contributed by atoms with Gasteiger partial charge < -0.3 is 5.11 Å². The van der Waals surface area contributed by atoms with E-state index in [1.54, 1.807) is 6.92 Å². The van der Waals surface area contributed by atoms with Gasteiger partial charge in [-0.3, -0.25) is 4.79 Å². The third-order valence-electron chi connectivity index (χ3n) is 1.36. The van der Waals surface area contributed by atoms with Crippen molar-refractivity contribution in [3.63, 3.8) is 0 Å². The molecule has 0 amide bonds. The topological polar surface area (TPSA) is 37.3 Å². The molecule has 0 bridgehead atoms. The summed E-state index contributed by atoms with van der Waals surface area (Å²) in [6, 6.07) is 0. The highest BCUT2D eigenvalue weighted by Gasteiger charge is 2.26. The maximum absolute atomic E-state index is 10.7. The van der Waals surface area contributed by atoms with E-state index in [4.69, 9.17) is 5.11 Å². The van der Waals surface area contributed by atoms with Gasteiger partial charge in [0.25, 0.3) is 0 Å². The van der Waals surface area contributed by atoms with Crippen molar-refractivity contribution in [2.75, 3.05) is 0 Å². The average molecular weight is 144 g/mol. The number of hydrogen-bond donors (Lipinski definition) is 1. The maximum atomic E-state index is 10.7. The summed E-state index contributed by atoms with van der Waals surface area (Å²) in [6.45, 7) is 3.46. The summed E-state index contributed by atoms with van der Waals surface area (Å²) in [7, 11) is 0. The number of aliphatic hydroxyl groups excluding tert-OH is 1. The molecule has 0 aromatic heterocycles. The Kier molecular flexibility index (Phi) is 1.53. The van der Waals surface area contributed by atoms with Crippen LogP contribution in [-0.2, 0) is 4.79 Å². The van der Waals surface area contributed by atoms with E-state index in [0.29, 0.717) is 5.57 Å². The Morgan fingerprint density at radius 3 is 2.33 bits per heavy atom. The van der Waals surface area contributed by atoms with Gasteiger partial charge in [-0.05, 0) is 13.8 Å². The quantitative estimate of drug-likeness (QED) is 0.559. The van der Waals surface area contributed by atoms with Crippen LogP contribution in [0.25, 0.3) is 0 Å². The smallest absolute Gasteiger partial charge is 0.219 e. The summed E-state index contributed by atoms with van der Waals surface area (Å²) < 4.78 is 0. The van der Waals surface area contributed by atoms with E-state index in [1.807, 2.05) is 6.92 Å². The second-order valence-electron chi connectivity index (χ2n) is 2.06. The first-order chi connectivity index (χ1) is 4.13. The molecule has 0 aromatic rings. The van der Waals surface area contributed by atoms with Crippen LogP contribution >= 0.6 is 11.8 Å². The number of carbonyl (C=O) groups excluding carboxylic acids is 1. The second-order valence-corrected chi connectivity index (χ2v) is 3.37. The van der Waals surface area contributed by atoms with E-state index >= 15 is 0 Å². The lowest BCUT2D eigenvalue weighted by atomic mass is 10.2. The zero-order valence-corrected chi connectivity index (χ0v) is 6.16. The first kappa shape index (κ1) is 6.68. The lowest BCUT2D eigenvalue weighted by Gasteiger charge is -1.96. The number of carbonyl (C=O) groups is 1. The molecule has 0 spiro atoms. The Hall–Kier alpha value is -0.440. The highest BCUT2D eigenvalue weighted by molar-refractivity contribution is 8.15. The molecular formula is C6H8O2S. The van der Waals surface area contributed by atoms with Crippen LogP contribution < -0.4 is 0 Å². The molecular weight excluding hydrogens is 136 g/mol. The first-order valence-electron chi connectivity index (χ1n) is 2.73. The van der Waals surface area contributed by atoms with E-state index in [-0.39, 0.29) is 16.1 Å². The van der Waals surface area contributed by atoms with Crippen molar-refractivity contribution in [2.24, 2.45) is 0 Å². The van der Waals surface area contributed by atoms with Crippen LogP contribution in [0.5, 0.6) is 0 Å². The molecule has 0 saturated carbocycles. The Morgan fingerprint density at radius 2 is 2.22 bits per heavy atom. The number of thioether (sulfide) groups is 1. The average Bonchev–Trinajstić information content (AvgIpc) is 1.98. The molecule has 0 aliphatic carbocycles. The monoisotopic (exact) mass is 144 g/mol. The molecule has 0 radical (unpaired) electrons. The van der Waals surface area contributed by atoms with Crippen molar-refractivity contribution in [1.29, 1.82) is 0 Å². The zero-order chi connectivity index (χ0) is 7.02. The minimum absolute atomic E-state index is 0.000000000000000222. The van der Waals surface area contributed by atoms with Crippen LogP contribution in [0.4, 0.5) is 0 Å². The lowest BCUT2D eigenvalue weighted by Crippen LogP contribution is -1.93.